The zero-order valence-electron chi connectivity index (χ0n) is 18.7. The van der Waals surface area contributed by atoms with Gasteiger partial charge < -0.3 is 10.6 Å². The van der Waals surface area contributed by atoms with Crippen molar-refractivity contribution >= 4 is 28.5 Å². The maximum absolute atomic E-state index is 13.2. The van der Waals surface area contributed by atoms with Crippen LogP contribution in [-0.4, -0.2) is 42.6 Å². The highest BCUT2D eigenvalue weighted by molar-refractivity contribution is 5.98. The van der Waals surface area contributed by atoms with Crippen LogP contribution in [0.15, 0.2) is 27.8 Å². The summed E-state index contributed by atoms with van der Waals surface area (Å²) in [5.41, 5.74) is -0.171. The molecule has 3 aromatic rings. The molecule has 0 atom stereocenters. The van der Waals surface area contributed by atoms with E-state index in [0.29, 0.717) is 16.5 Å². The van der Waals surface area contributed by atoms with Gasteiger partial charge in [-0.2, -0.15) is 0 Å². The number of carbonyl (C=O) groups excluding carboxylic acids is 2. The minimum absolute atomic E-state index is 0.125. The predicted molar refractivity (Wildman–Crippen MR) is 122 cm³/mol. The largest absolute Gasteiger partial charge is 0.352 e. The van der Waals surface area contributed by atoms with Gasteiger partial charge >= 0.3 is 5.69 Å². The minimum atomic E-state index is -0.527. The zero-order chi connectivity index (χ0) is 23.1. The van der Waals surface area contributed by atoms with Crippen molar-refractivity contribution in [2.45, 2.75) is 70.0 Å². The summed E-state index contributed by atoms with van der Waals surface area (Å²) in [6.07, 6.45) is 8.17. The summed E-state index contributed by atoms with van der Waals surface area (Å²) < 4.78 is 3.66. The van der Waals surface area contributed by atoms with Gasteiger partial charge in [0, 0.05) is 24.7 Å². The first-order chi connectivity index (χ1) is 15.9. The molecule has 2 heterocycles. The Labute approximate surface area is 189 Å². The van der Waals surface area contributed by atoms with Crippen molar-refractivity contribution in [3.8, 4) is 0 Å². The van der Waals surface area contributed by atoms with Crippen LogP contribution in [0.5, 0.6) is 0 Å². The molecule has 33 heavy (non-hydrogen) atoms. The number of hydrogen-bond donors (Lipinski definition) is 2. The van der Waals surface area contributed by atoms with E-state index in [2.05, 4.69) is 15.7 Å². The molecule has 2 amide bonds. The molecule has 1 aromatic carbocycles. The SMILES string of the molecule is Cn1c(=O)c2ccc(C(=O)NC3CCCC3)cc2n2c(=O)n(CC(=O)NC3CCCC3)nc12. The molecule has 2 aliphatic carbocycles. The second kappa shape index (κ2) is 8.49. The minimum Gasteiger partial charge on any atom is -0.352 e. The van der Waals surface area contributed by atoms with Gasteiger partial charge in [-0.3, -0.25) is 19.0 Å². The summed E-state index contributed by atoms with van der Waals surface area (Å²) >= 11 is 0. The summed E-state index contributed by atoms with van der Waals surface area (Å²) in [5, 5.41) is 10.6. The molecule has 0 radical (unpaired) electrons. The lowest BCUT2D eigenvalue weighted by molar-refractivity contribution is -0.122. The van der Waals surface area contributed by atoms with Crippen LogP contribution in [0.2, 0.25) is 0 Å². The third-order valence-electron chi connectivity index (χ3n) is 6.86. The second-order valence-corrected chi connectivity index (χ2v) is 9.18. The Kier molecular flexibility index (Phi) is 5.51. The van der Waals surface area contributed by atoms with E-state index >= 15 is 0 Å². The summed E-state index contributed by atoms with van der Waals surface area (Å²) in [6.45, 7) is -0.228. The van der Waals surface area contributed by atoms with Gasteiger partial charge in [-0.25, -0.2) is 13.9 Å². The molecule has 0 aliphatic heterocycles. The Morgan fingerprint density at radius 1 is 1.00 bits per heavy atom. The third kappa shape index (κ3) is 3.94. The number of rotatable bonds is 5. The average molecular weight is 453 g/mol. The topological polar surface area (TPSA) is 120 Å². The van der Waals surface area contributed by atoms with E-state index in [1.54, 1.807) is 18.2 Å². The molecule has 2 saturated carbocycles. The zero-order valence-corrected chi connectivity index (χ0v) is 18.7. The summed E-state index contributed by atoms with van der Waals surface area (Å²) in [5.74, 6) is -0.383. The number of fused-ring (bicyclic) bond motifs is 3. The number of nitrogens with zero attached hydrogens (tertiary/aromatic N) is 4. The molecule has 0 saturated heterocycles. The molecule has 10 nitrogen and oxygen atoms in total. The van der Waals surface area contributed by atoms with Gasteiger partial charge in [0.05, 0.1) is 10.9 Å². The Morgan fingerprint density at radius 2 is 1.64 bits per heavy atom. The van der Waals surface area contributed by atoms with Gasteiger partial charge in [-0.1, -0.05) is 25.7 Å². The second-order valence-electron chi connectivity index (χ2n) is 9.18. The van der Waals surface area contributed by atoms with E-state index in [9.17, 15) is 19.2 Å². The quantitative estimate of drug-likeness (QED) is 0.600. The number of hydrogen-bond acceptors (Lipinski definition) is 5. The van der Waals surface area contributed by atoms with Gasteiger partial charge in [0.25, 0.3) is 11.5 Å². The van der Waals surface area contributed by atoms with E-state index in [-0.39, 0.29) is 41.8 Å². The molecule has 10 heteroatoms. The van der Waals surface area contributed by atoms with Crippen LogP contribution in [0.3, 0.4) is 0 Å². The first kappa shape index (κ1) is 21.4. The van der Waals surface area contributed by atoms with Crippen LogP contribution >= 0.6 is 0 Å². The monoisotopic (exact) mass is 452 g/mol. The summed E-state index contributed by atoms with van der Waals surface area (Å²) in [4.78, 5) is 51.4. The molecular formula is C23H28N6O4. The number of benzene rings is 1. The molecule has 0 bridgehead atoms. The first-order valence-electron chi connectivity index (χ1n) is 11.6. The van der Waals surface area contributed by atoms with Crippen LogP contribution in [0.25, 0.3) is 16.7 Å². The van der Waals surface area contributed by atoms with Gasteiger partial charge in [0.2, 0.25) is 11.7 Å². The number of amides is 2. The highest BCUT2D eigenvalue weighted by Crippen LogP contribution is 2.20. The maximum Gasteiger partial charge on any atom is 0.352 e. The lowest BCUT2D eigenvalue weighted by Crippen LogP contribution is -2.37. The Morgan fingerprint density at radius 3 is 2.30 bits per heavy atom. The fraction of sp³-hybridized carbons (Fsp3) is 0.522. The van der Waals surface area contributed by atoms with Gasteiger partial charge in [-0.15, -0.1) is 5.10 Å². The molecule has 0 spiro atoms. The Bertz CT molecular complexity index is 1360. The predicted octanol–water partition coefficient (Wildman–Crippen LogP) is 1.08. The Balaban J connectivity index is 1.53. The van der Waals surface area contributed by atoms with Crippen molar-refractivity contribution in [3.05, 3.63) is 44.6 Å². The highest BCUT2D eigenvalue weighted by atomic mass is 16.2. The number of aromatic nitrogens is 4. The maximum atomic E-state index is 13.2. The molecule has 2 aromatic heterocycles. The van der Waals surface area contributed by atoms with Crippen molar-refractivity contribution in [3.63, 3.8) is 0 Å². The number of carbonyl (C=O) groups is 2. The van der Waals surface area contributed by atoms with E-state index in [1.807, 2.05) is 0 Å². The van der Waals surface area contributed by atoms with E-state index in [0.717, 1.165) is 56.0 Å². The van der Waals surface area contributed by atoms with E-state index < -0.39 is 5.69 Å². The van der Waals surface area contributed by atoms with Crippen LogP contribution in [0, 0.1) is 0 Å². The Hall–Kier alpha value is -3.43. The van der Waals surface area contributed by atoms with Crippen molar-refractivity contribution in [1.29, 1.82) is 0 Å². The summed E-state index contributed by atoms with van der Waals surface area (Å²) in [7, 11) is 1.53. The lowest BCUT2D eigenvalue weighted by atomic mass is 10.1. The van der Waals surface area contributed by atoms with E-state index in [4.69, 9.17) is 0 Å². The van der Waals surface area contributed by atoms with Gasteiger partial charge in [0.15, 0.2) is 0 Å². The molecule has 2 fully saturated rings. The molecule has 0 unspecified atom stereocenters. The highest BCUT2D eigenvalue weighted by Gasteiger charge is 2.22. The fourth-order valence-corrected chi connectivity index (χ4v) is 5.06. The standard InChI is InChI=1S/C23H28N6O4/c1-27-21(32)17-11-10-14(20(31)25-16-8-4-5-9-16)12-18(17)29-22(27)26-28(23(29)33)13-19(30)24-15-6-2-3-7-15/h10-12,15-16H,2-9,13H2,1H3,(H,24,30)(H,25,31). The van der Waals surface area contributed by atoms with Crippen molar-refractivity contribution < 1.29 is 9.59 Å². The van der Waals surface area contributed by atoms with Crippen molar-refractivity contribution in [2.75, 3.05) is 0 Å². The summed E-state index contributed by atoms with van der Waals surface area (Å²) in [6, 6.07) is 5.01. The number of aryl methyl sites for hydroxylation is 1. The molecular weight excluding hydrogens is 424 g/mol. The normalized spacial score (nSPS) is 17.2. The molecule has 5 rings (SSSR count). The van der Waals surface area contributed by atoms with Crippen LogP contribution in [0.4, 0.5) is 0 Å². The smallest absolute Gasteiger partial charge is 0.352 e. The molecule has 174 valence electrons. The number of nitrogens with one attached hydrogen (secondary N) is 2. The molecule has 2 aliphatic rings. The van der Waals surface area contributed by atoms with E-state index in [1.165, 1.54) is 16.0 Å². The van der Waals surface area contributed by atoms with Crippen molar-refractivity contribution in [2.24, 2.45) is 7.05 Å². The lowest BCUT2D eigenvalue weighted by Gasteiger charge is -2.12. The third-order valence-corrected chi connectivity index (χ3v) is 6.86. The van der Waals surface area contributed by atoms with Crippen LogP contribution < -0.4 is 21.9 Å². The van der Waals surface area contributed by atoms with Gasteiger partial charge in [-0.05, 0) is 43.9 Å². The van der Waals surface area contributed by atoms with Gasteiger partial charge in [0.1, 0.15) is 6.54 Å². The average Bonchev–Trinajstić information content (AvgIpc) is 3.55. The first-order valence-corrected chi connectivity index (χ1v) is 11.6. The fourth-order valence-electron chi connectivity index (χ4n) is 5.06. The van der Waals surface area contributed by atoms with Crippen LogP contribution in [-0.2, 0) is 18.4 Å². The van der Waals surface area contributed by atoms with Crippen molar-refractivity contribution in [1.82, 2.24) is 29.4 Å². The molecule has 2 N–H and O–H groups in total. The van der Waals surface area contributed by atoms with Crippen LogP contribution in [0.1, 0.15) is 61.7 Å².